The van der Waals surface area contributed by atoms with E-state index < -0.39 is 0 Å². The number of rotatable bonds is 4. The van der Waals surface area contributed by atoms with Gasteiger partial charge in [-0.15, -0.1) is 24.8 Å². The van der Waals surface area contributed by atoms with Crippen molar-refractivity contribution in [1.29, 1.82) is 0 Å². The van der Waals surface area contributed by atoms with Crippen molar-refractivity contribution < 1.29 is 14.3 Å². The Bertz CT molecular complexity index is 683. The summed E-state index contributed by atoms with van der Waals surface area (Å²) in [6.07, 6.45) is 3.04. The minimum atomic E-state index is -0.302. The lowest BCUT2D eigenvalue weighted by Gasteiger charge is -2.35. The van der Waals surface area contributed by atoms with Crippen LogP contribution in [0.3, 0.4) is 0 Å². The second-order valence-electron chi connectivity index (χ2n) is 8.08. The van der Waals surface area contributed by atoms with Gasteiger partial charge >= 0.3 is 6.09 Å². The highest BCUT2D eigenvalue weighted by Gasteiger charge is 2.39. The number of halogens is 2. The number of carbonyl (C=O) groups is 1. The zero-order valence-corrected chi connectivity index (χ0v) is 19.0. The summed E-state index contributed by atoms with van der Waals surface area (Å²) in [7, 11) is 3.44. The molecule has 164 valence electrons. The first-order valence-corrected chi connectivity index (χ1v) is 10.2. The summed E-state index contributed by atoms with van der Waals surface area (Å²) in [5.41, 5.74) is 2.63. The first-order valence-electron chi connectivity index (χ1n) is 10.2. The van der Waals surface area contributed by atoms with Gasteiger partial charge in [0, 0.05) is 52.2 Å². The molecule has 2 aliphatic heterocycles. The average Bonchev–Trinajstić information content (AvgIpc) is 3.11. The molecule has 2 saturated heterocycles. The number of hydrogen-bond acceptors (Lipinski definition) is 5. The fourth-order valence-corrected chi connectivity index (χ4v) is 4.81. The van der Waals surface area contributed by atoms with Gasteiger partial charge in [-0.3, -0.25) is 9.80 Å². The van der Waals surface area contributed by atoms with Crippen molar-refractivity contribution >= 4 is 30.9 Å². The SMILES string of the molecule is CN(C)C(=O)Oc1cccc2c1CCC1C2CCN1CCN1CCOCC1.Cl.Cl. The van der Waals surface area contributed by atoms with E-state index in [-0.39, 0.29) is 30.9 Å². The topological polar surface area (TPSA) is 45.2 Å². The normalized spacial score (nSPS) is 23.9. The van der Waals surface area contributed by atoms with E-state index in [0.29, 0.717) is 12.0 Å². The van der Waals surface area contributed by atoms with Crippen LogP contribution in [-0.4, -0.2) is 86.9 Å². The van der Waals surface area contributed by atoms with E-state index >= 15 is 0 Å². The predicted octanol–water partition coefficient (Wildman–Crippen LogP) is 3.03. The molecule has 2 fully saturated rings. The number of carbonyl (C=O) groups excluding carboxylic acids is 1. The zero-order chi connectivity index (χ0) is 18.8. The van der Waals surface area contributed by atoms with Crippen LogP contribution in [0.25, 0.3) is 0 Å². The molecule has 3 aliphatic rings. The van der Waals surface area contributed by atoms with Gasteiger partial charge in [0.15, 0.2) is 0 Å². The van der Waals surface area contributed by atoms with Crippen LogP contribution in [-0.2, 0) is 11.2 Å². The van der Waals surface area contributed by atoms with Gasteiger partial charge in [0.1, 0.15) is 5.75 Å². The summed E-state index contributed by atoms with van der Waals surface area (Å²) in [6.45, 7) is 7.31. The lowest BCUT2D eigenvalue weighted by molar-refractivity contribution is 0.0322. The van der Waals surface area contributed by atoms with Crippen LogP contribution in [0.4, 0.5) is 4.79 Å². The van der Waals surface area contributed by atoms with Crippen molar-refractivity contribution in [2.45, 2.75) is 31.2 Å². The van der Waals surface area contributed by atoms with Crippen molar-refractivity contribution in [3.05, 3.63) is 29.3 Å². The molecular weight excluding hydrogens is 413 g/mol. The number of morpholine rings is 1. The molecule has 0 aromatic heterocycles. The third-order valence-electron chi connectivity index (χ3n) is 6.29. The van der Waals surface area contributed by atoms with Gasteiger partial charge < -0.3 is 14.4 Å². The monoisotopic (exact) mass is 445 g/mol. The van der Waals surface area contributed by atoms with Crippen LogP contribution < -0.4 is 4.74 Å². The molecule has 1 aromatic rings. The number of fused-ring (bicyclic) bond motifs is 3. The lowest BCUT2D eigenvalue weighted by atomic mass is 9.79. The van der Waals surface area contributed by atoms with Crippen molar-refractivity contribution in [3.8, 4) is 5.75 Å². The van der Waals surface area contributed by atoms with Gasteiger partial charge in [-0.05, 0) is 43.0 Å². The second kappa shape index (κ2) is 10.8. The number of likely N-dealkylation sites (tertiary alicyclic amines) is 1. The van der Waals surface area contributed by atoms with E-state index in [1.807, 2.05) is 12.1 Å². The molecular formula is C21H33Cl2N3O3. The molecule has 2 heterocycles. The summed E-state index contributed by atoms with van der Waals surface area (Å²) in [4.78, 5) is 18.7. The van der Waals surface area contributed by atoms with E-state index in [2.05, 4.69) is 15.9 Å². The first kappa shape index (κ1) is 24.2. The van der Waals surface area contributed by atoms with Crippen molar-refractivity contribution in [2.24, 2.45) is 0 Å². The summed E-state index contributed by atoms with van der Waals surface area (Å²) < 4.78 is 11.1. The van der Waals surface area contributed by atoms with Crippen molar-refractivity contribution in [3.63, 3.8) is 0 Å². The van der Waals surface area contributed by atoms with Gasteiger partial charge in [0.25, 0.3) is 0 Å². The second-order valence-corrected chi connectivity index (χ2v) is 8.08. The molecule has 2 atom stereocenters. The fraction of sp³-hybridized carbons (Fsp3) is 0.667. The molecule has 2 unspecified atom stereocenters. The number of ether oxygens (including phenoxy) is 2. The molecule has 8 heteroatoms. The summed E-state index contributed by atoms with van der Waals surface area (Å²) >= 11 is 0. The number of nitrogens with zero attached hydrogens (tertiary/aromatic N) is 3. The highest BCUT2D eigenvalue weighted by molar-refractivity contribution is 5.85. The minimum Gasteiger partial charge on any atom is -0.410 e. The van der Waals surface area contributed by atoms with E-state index in [1.54, 1.807) is 14.1 Å². The summed E-state index contributed by atoms with van der Waals surface area (Å²) in [5, 5.41) is 0. The quantitative estimate of drug-likeness (QED) is 0.712. The molecule has 0 N–H and O–H groups in total. The minimum absolute atomic E-state index is 0. The highest BCUT2D eigenvalue weighted by Crippen LogP contribution is 2.44. The summed E-state index contributed by atoms with van der Waals surface area (Å²) in [6, 6.07) is 6.84. The van der Waals surface area contributed by atoms with Crippen LogP contribution in [0, 0.1) is 0 Å². The van der Waals surface area contributed by atoms with E-state index in [0.717, 1.165) is 58.0 Å². The molecule has 0 saturated carbocycles. The van der Waals surface area contributed by atoms with Gasteiger partial charge in [0.05, 0.1) is 13.2 Å². The fourth-order valence-electron chi connectivity index (χ4n) is 4.81. The highest BCUT2D eigenvalue weighted by atomic mass is 35.5. The molecule has 4 rings (SSSR count). The third-order valence-corrected chi connectivity index (χ3v) is 6.29. The van der Waals surface area contributed by atoms with Gasteiger partial charge in [-0.1, -0.05) is 12.1 Å². The molecule has 1 aliphatic carbocycles. The Hall–Kier alpha value is -1.05. The van der Waals surface area contributed by atoms with Crippen LogP contribution in [0.15, 0.2) is 18.2 Å². The largest absolute Gasteiger partial charge is 0.414 e. The van der Waals surface area contributed by atoms with Crippen molar-refractivity contribution in [1.82, 2.24) is 14.7 Å². The maximum atomic E-state index is 12.0. The molecule has 6 nitrogen and oxygen atoms in total. The van der Waals surface area contributed by atoms with Crippen molar-refractivity contribution in [2.75, 3.05) is 60.0 Å². The van der Waals surface area contributed by atoms with Gasteiger partial charge in [-0.25, -0.2) is 4.79 Å². The Morgan fingerprint density at radius 2 is 1.90 bits per heavy atom. The Kier molecular flexibility index (Phi) is 9.04. The molecule has 1 aromatic carbocycles. The lowest BCUT2D eigenvalue weighted by Crippen LogP contribution is -2.43. The van der Waals surface area contributed by atoms with Crippen LogP contribution in [0.2, 0.25) is 0 Å². The number of benzene rings is 1. The predicted molar refractivity (Wildman–Crippen MR) is 119 cm³/mol. The van der Waals surface area contributed by atoms with Crippen LogP contribution in [0.5, 0.6) is 5.75 Å². The van der Waals surface area contributed by atoms with Crippen LogP contribution >= 0.6 is 24.8 Å². The molecule has 0 spiro atoms. The third kappa shape index (κ3) is 5.36. The standard InChI is InChI=1S/C21H31N3O3.2ClH/c1-22(2)21(25)27-20-5-3-4-16-17-8-9-24(19(17)7-6-18(16)20)11-10-23-12-14-26-15-13-23;;/h3-5,17,19H,6-15H2,1-2H3;2*1H. The average molecular weight is 446 g/mol. The Morgan fingerprint density at radius 3 is 2.62 bits per heavy atom. The maximum Gasteiger partial charge on any atom is 0.414 e. The Labute approximate surface area is 186 Å². The number of hydrogen-bond donors (Lipinski definition) is 0. The molecule has 0 radical (unpaired) electrons. The Balaban J connectivity index is 0.00000150. The van der Waals surface area contributed by atoms with Gasteiger partial charge in [0.2, 0.25) is 0 Å². The van der Waals surface area contributed by atoms with E-state index in [1.165, 1.54) is 29.0 Å². The smallest absolute Gasteiger partial charge is 0.410 e. The molecule has 1 amide bonds. The Morgan fingerprint density at radius 1 is 1.14 bits per heavy atom. The number of amides is 1. The maximum absolute atomic E-state index is 12.0. The zero-order valence-electron chi connectivity index (χ0n) is 17.3. The molecule has 29 heavy (non-hydrogen) atoms. The van der Waals surface area contributed by atoms with E-state index in [4.69, 9.17) is 9.47 Å². The summed E-state index contributed by atoms with van der Waals surface area (Å²) in [5.74, 6) is 1.31. The first-order chi connectivity index (χ1) is 13.1. The van der Waals surface area contributed by atoms with Gasteiger partial charge in [-0.2, -0.15) is 0 Å². The van der Waals surface area contributed by atoms with E-state index in [9.17, 15) is 4.79 Å². The molecule has 0 bridgehead atoms. The van der Waals surface area contributed by atoms with Crippen LogP contribution in [0.1, 0.15) is 29.9 Å².